The number of carbonyl (C=O) groups is 1. The molecule has 0 fully saturated rings. The third-order valence-electron chi connectivity index (χ3n) is 4.44. The third-order valence-corrected chi connectivity index (χ3v) is 4.44. The van der Waals surface area contributed by atoms with E-state index in [9.17, 15) is 9.70 Å². The first-order valence-electron chi connectivity index (χ1n) is 8.62. The molecule has 0 aromatic heterocycles. The van der Waals surface area contributed by atoms with Gasteiger partial charge in [-0.2, -0.15) is 4.91 Å². The van der Waals surface area contributed by atoms with Gasteiger partial charge < -0.3 is 10.2 Å². The standard InChI is InChI=1S/C18H27N3O2/c1-3-9-21(10-4-2)17-8-6-14-5-7-16(11-15(14)12-17)20-18(22)13-19-23/h5,7,11,17H,3-4,6,8-10,12-13H2,1-2H3,(H,20,22). The molecule has 0 saturated carbocycles. The number of fused-ring (bicyclic) bond motifs is 1. The van der Waals surface area contributed by atoms with Crippen molar-refractivity contribution < 1.29 is 4.79 Å². The van der Waals surface area contributed by atoms with Gasteiger partial charge in [0.15, 0.2) is 6.54 Å². The monoisotopic (exact) mass is 317 g/mol. The third kappa shape index (κ3) is 4.86. The van der Waals surface area contributed by atoms with Gasteiger partial charge in [0.1, 0.15) is 0 Å². The quantitative estimate of drug-likeness (QED) is 0.748. The molecule has 1 aromatic carbocycles. The smallest absolute Gasteiger partial charge is 0.249 e. The number of benzene rings is 1. The van der Waals surface area contributed by atoms with E-state index in [0.29, 0.717) is 6.04 Å². The number of hydrogen-bond donors (Lipinski definition) is 1. The summed E-state index contributed by atoms with van der Waals surface area (Å²) in [4.78, 5) is 24.3. The maximum atomic E-state index is 11.5. The fraction of sp³-hybridized carbons (Fsp3) is 0.611. The summed E-state index contributed by atoms with van der Waals surface area (Å²) < 4.78 is 0. The Morgan fingerprint density at radius 1 is 1.26 bits per heavy atom. The lowest BCUT2D eigenvalue weighted by Gasteiger charge is -2.35. The molecular weight excluding hydrogens is 290 g/mol. The number of nitroso groups, excluding NO2 is 1. The predicted molar refractivity (Wildman–Crippen MR) is 93.7 cm³/mol. The summed E-state index contributed by atoms with van der Waals surface area (Å²) in [5, 5.41) is 5.37. The lowest BCUT2D eigenvalue weighted by Crippen LogP contribution is -2.40. The number of rotatable bonds is 8. The van der Waals surface area contributed by atoms with E-state index in [0.717, 1.165) is 31.6 Å². The molecule has 0 bridgehead atoms. The van der Waals surface area contributed by atoms with Crippen LogP contribution in [0.15, 0.2) is 23.4 Å². The molecule has 1 amide bonds. The number of aryl methyl sites for hydroxylation is 1. The predicted octanol–water partition coefficient (Wildman–Crippen LogP) is 3.37. The molecule has 0 heterocycles. The van der Waals surface area contributed by atoms with Crippen LogP contribution in [-0.4, -0.2) is 36.5 Å². The van der Waals surface area contributed by atoms with Gasteiger partial charge >= 0.3 is 0 Å². The van der Waals surface area contributed by atoms with Crippen molar-refractivity contribution in [1.82, 2.24) is 4.90 Å². The van der Waals surface area contributed by atoms with Crippen molar-refractivity contribution in [3.8, 4) is 0 Å². The Bertz CT molecular complexity index is 539. The molecule has 0 spiro atoms. The van der Waals surface area contributed by atoms with E-state index >= 15 is 0 Å². The Morgan fingerprint density at radius 3 is 2.65 bits per heavy atom. The van der Waals surface area contributed by atoms with Gasteiger partial charge in [-0.25, -0.2) is 0 Å². The Kier molecular flexibility index (Phi) is 6.71. The second-order valence-corrected chi connectivity index (χ2v) is 6.25. The van der Waals surface area contributed by atoms with E-state index in [4.69, 9.17) is 0 Å². The van der Waals surface area contributed by atoms with Gasteiger partial charge in [-0.1, -0.05) is 25.1 Å². The number of anilines is 1. The molecule has 126 valence electrons. The van der Waals surface area contributed by atoms with Gasteiger partial charge in [-0.3, -0.25) is 4.79 Å². The molecule has 0 radical (unpaired) electrons. The first-order chi connectivity index (χ1) is 11.2. The van der Waals surface area contributed by atoms with Crippen molar-refractivity contribution in [3.63, 3.8) is 0 Å². The normalized spacial score (nSPS) is 16.9. The molecule has 1 aliphatic carbocycles. The van der Waals surface area contributed by atoms with Crippen LogP contribution in [0.3, 0.4) is 0 Å². The van der Waals surface area contributed by atoms with Gasteiger partial charge in [0, 0.05) is 11.7 Å². The molecule has 2 rings (SSSR count). The molecular formula is C18H27N3O2. The molecule has 1 atom stereocenters. The van der Waals surface area contributed by atoms with Crippen molar-refractivity contribution in [2.24, 2.45) is 5.18 Å². The second kappa shape index (κ2) is 8.77. The SMILES string of the molecule is CCCN(CCC)C1CCc2ccc(NC(=O)CN=O)cc2C1. The number of amides is 1. The minimum Gasteiger partial charge on any atom is -0.324 e. The summed E-state index contributed by atoms with van der Waals surface area (Å²) in [6.45, 7) is 6.42. The summed E-state index contributed by atoms with van der Waals surface area (Å²) in [5.41, 5.74) is 3.45. The molecule has 1 N–H and O–H groups in total. The highest BCUT2D eigenvalue weighted by atomic mass is 16.3. The van der Waals surface area contributed by atoms with Crippen LogP contribution >= 0.6 is 0 Å². The first kappa shape index (κ1) is 17.6. The van der Waals surface area contributed by atoms with Crippen molar-refractivity contribution >= 4 is 11.6 Å². The fourth-order valence-corrected chi connectivity index (χ4v) is 3.44. The lowest BCUT2D eigenvalue weighted by molar-refractivity contribution is -0.114. The zero-order valence-electron chi connectivity index (χ0n) is 14.2. The maximum absolute atomic E-state index is 11.5. The van der Waals surface area contributed by atoms with E-state index in [2.05, 4.69) is 41.4 Å². The van der Waals surface area contributed by atoms with E-state index < -0.39 is 0 Å². The molecule has 1 unspecified atom stereocenters. The molecule has 0 aliphatic heterocycles. The van der Waals surface area contributed by atoms with Crippen LogP contribution in [0.1, 0.15) is 44.2 Å². The largest absolute Gasteiger partial charge is 0.324 e. The lowest BCUT2D eigenvalue weighted by atomic mass is 9.87. The van der Waals surface area contributed by atoms with Crippen molar-refractivity contribution in [2.45, 2.75) is 52.0 Å². The first-order valence-corrected chi connectivity index (χ1v) is 8.62. The summed E-state index contributed by atoms with van der Waals surface area (Å²) in [7, 11) is 0. The molecule has 1 aromatic rings. The van der Waals surface area contributed by atoms with E-state index in [1.54, 1.807) is 0 Å². The average molecular weight is 317 g/mol. The minimum absolute atomic E-state index is 0.333. The molecule has 23 heavy (non-hydrogen) atoms. The van der Waals surface area contributed by atoms with Crippen LogP contribution in [0.4, 0.5) is 5.69 Å². The number of hydrogen-bond acceptors (Lipinski definition) is 4. The topological polar surface area (TPSA) is 61.8 Å². The summed E-state index contributed by atoms with van der Waals surface area (Å²) in [6.07, 6.45) is 5.68. The Balaban J connectivity index is 2.08. The highest BCUT2D eigenvalue weighted by molar-refractivity contribution is 5.92. The fourth-order valence-electron chi connectivity index (χ4n) is 3.44. The van der Waals surface area contributed by atoms with Gasteiger partial charge in [0.2, 0.25) is 5.91 Å². The highest BCUT2D eigenvalue weighted by Crippen LogP contribution is 2.27. The van der Waals surface area contributed by atoms with Crippen LogP contribution in [0.25, 0.3) is 0 Å². The molecule has 0 saturated heterocycles. The average Bonchev–Trinajstić information content (AvgIpc) is 2.54. The maximum Gasteiger partial charge on any atom is 0.249 e. The summed E-state index contributed by atoms with van der Waals surface area (Å²) in [6, 6.07) is 6.65. The van der Waals surface area contributed by atoms with Crippen LogP contribution < -0.4 is 5.32 Å². The molecule has 5 nitrogen and oxygen atoms in total. The second-order valence-electron chi connectivity index (χ2n) is 6.25. The van der Waals surface area contributed by atoms with Crippen molar-refractivity contribution in [1.29, 1.82) is 0 Å². The van der Waals surface area contributed by atoms with Crippen LogP contribution in [0, 0.1) is 4.91 Å². The summed E-state index contributed by atoms with van der Waals surface area (Å²) in [5.74, 6) is -0.356. The Morgan fingerprint density at radius 2 is 2.00 bits per heavy atom. The van der Waals surface area contributed by atoms with E-state index in [-0.39, 0.29) is 12.5 Å². The Labute approximate surface area is 138 Å². The number of nitrogens with one attached hydrogen (secondary N) is 1. The van der Waals surface area contributed by atoms with Crippen LogP contribution in [-0.2, 0) is 17.6 Å². The number of nitrogens with zero attached hydrogens (tertiary/aromatic N) is 2. The van der Waals surface area contributed by atoms with Gasteiger partial charge in [-0.05, 0) is 68.5 Å². The van der Waals surface area contributed by atoms with Crippen molar-refractivity contribution in [3.05, 3.63) is 34.2 Å². The Hall–Kier alpha value is -1.75. The summed E-state index contributed by atoms with van der Waals surface area (Å²) >= 11 is 0. The van der Waals surface area contributed by atoms with Crippen LogP contribution in [0.2, 0.25) is 0 Å². The van der Waals surface area contributed by atoms with E-state index in [1.807, 2.05) is 6.07 Å². The molecule has 1 aliphatic rings. The minimum atomic E-state index is -0.356. The highest BCUT2D eigenvalue weighted by Gasteiger charge is 2.23. The van der Waals surface area contributed by atoms with Crippen molar-refractivity contribution in [2.75, 3.05) is 25.0 Å². The van der Waals surface area contributed by atoms with Gasteiger partial charge in [0.05, 0.1) is 0 Å². The van der Waals surface area contributed by atoms with Crippen LogP contribution in [0.5, 0.6) is 0 Å². The van der Waals surface area contributed by atoms with Gasteiger partial charge in [0.25, 0.3) is 0 Å². The zero-order chi connectivity index (χ0) is 16.7. The zero-order valence-corrected chi connectivity index (χ0v) is 14.2. The van der Waals surface area contributed by atoms with E-state index in [1.165, 1.54) is 30.4 Å². The number of carbonyl (C=O) groups excluding carboxylic acids is 1. The van der Waals surface area contributed by atoms with Gasteiger partial charge in [-0.15, -0.1) is 0 Å². The molecule has 5 heteroatoms.